The molecule has 1 rings (SSSR count). The van der Waals surface area contributed by atoms with Crippen molar-refractivity contribution < 1.29 is 10.2 Å². The minimum absolute atomic E-state index is 0.320. The number of hydrogen-bond acceptors (Lipinski definition) is 2. The second-order valence-electron chi connectivity index (χ2n) is 4.36. The summed E-state index contributed by atoms with van der Waals surface area (Å²) in [7, 11) is 0. The molecule has 2 heteroatoms. The molecule has 2 nitrogen and oxygen atoms in total. The van der Waals surface area contributed by atoms with E-state index in [1.165, 1.54) is 25.7 Å². The summed E-state index contributed by atoms with van der Waals surface area (Å²) in [5.74, 6) is 0. The predicted molar refractivity (Wildman–Crippen MR) is 53.5 cm³/mol. The van der Waals surface area contributed by atoms with E-state index in [-0.39, 0.29) is 0 Å². The molecule has 1 aliphatic rings. The van der Waals surface area contributed by atoms with Gasteiger partial charge in [-0.2, -0.15) is 0 Å². The summed E-state index contributed by atoms with van der Waals surface area (Å²) in [6.07, 6.45) is 9.50. The fraction of sp³-hybridized carbons (Fsp3) is 1.00. The van der Waals surface area contributed by atoms with Crippen LogP contribution in [-0.4, -0.2) is 23.4 Å². The molecule has 0 aromatic heterocycles. The lowest BCUT2D eigenvalue weighted by Crippen LogP contribution is -2.17. The van der Waals surface area contributed by atoms with Gasteiger partial charge in [0.25, 0.3) is 0 Å². The van der Waals surface area contributed by atoms with Gasteiger partial charge >= 0.3 is 0 Å². The maximum atomic E-state index is 8.82. The minimum atomic E-state index is 0.320. The third-order valence-electron chi connectivity index (χ3n) is 3.39. The summed E-state index contributed by atoms with van der Waals surface area (Å²) in [5, 5.41) is 17.6. The molecule has 0 spiro atoms. The van der Waals surface area contributed by atoms with E-state index < -0.39 is 0 Å². The van der Waals surface area contributed by atoms with Crippen LogP contribution in [0.2, 0.25) is 0 Å². The Morgan fingerprint density at radius 2 is 1.31 bits per heavy atom. The van der Waals surface area contributed by atoms with Crippen LogP contribution in [0.25, 0.3) is 0 Å². The van der Waals surface area contributed by atoms with Crippen LogP contribution in [0.1, 0.15) is 51.4 Å². The van der Waals surface area contributed by atoms with Gasteiger partial charge < -0.3 is 10.2 Å². The fourth-order valence-corrected chi connectivity index (χ4v) is 2.66. The highest BCUT2D eigenvalue weighted by molar-refractivity contribution is 4.84. The van der Waals surface area contributed by atoms with Gasteiger partial charge in [-0.1, -0.05) is 12.8 Å². The van der Waals surface area contributed by atoms with Crippen molar-refractivity contribution in [2.24, 2.45) is 5.41 Å². The summed E-state index contributed by atoms with van der Waals surface area (Å²) in [6.45, 7) is 0.641. The van der Waals surface area contributed by atoms with Crippen LogP contribution in [0.15, 0.2) is 0 Å². The van der Waals surface area contributed by atoms with E-state index in [0.717, 1.165) is 25.7 Å². The van der Waals surface area contributed by atoms with Crippen LogP contribution in [-0.2, 0) is 0 Å². The molecule has 0 atom stereocenters. The summed E-state index contributed by atoms with van der Waals surface area (Å²) >= 11 is 0. The summed E-state index contributed by atoms with van der Waals surface area (Å²) < 4.78 is 0. The molecule has 0 saturated heterocycles. The molecule has 1 fully saturated rings. The summed E-state index contributed by atoms with van der Waals surface area (Å²) in [6, 6.07) is 0. The lowest BCUT2D eigenvalue weighted by molar-refractivity contribution is 0.180. The summed E-state index contributed by atoms with van der Waals surface area (Å²) in [5.41, 5.74) is 0.478. The zero-order valence-corrected chi connectivity index (χ0v) is 8.47. The quantitative estimate of drug-likeness (QED) is 0.667. The van der Waals surface area contributed by atoms with Gasteiger partial charge in [0.05, 0.1) is 0 Å². The van der Waals surface area contributed by atoms with Crippen LogP contribution in [0.4, 0.5) is 0 Å². The molecule has 0 unspecified atom stereocenters. The standard InChI is InChI=1S/C11H22O2/c12-9-3-7-11(8-4-10-13)5-1-2-6-11/h12-13H,1-10H2. The molecular weight excluding hydrogens is 164 g/mol. The topological polar surface area (TPSA) is 40.5 Å². The van der Waals surface area contributed by atoms with Crippen molar-refractivity contribution in [3.05, 3.63) is 0 Å². The molecule has 1 saturated carbocycles. The molecule has 0 heterocycles. The highest BCUT2D eigenvalue weighted by atomic mass is 16.3. The van der Waals surface area contributed by atoms with Gasteiger partial charge in [0.2, 0.25) is 0 Å². The Kier molecular flexibility index (Phi) is 4.74. The first kappa shape index (κ1) is 11.0. The van der Waals surface area contributed by atoms with Crippen molar-refractivity contribution in [2.45, 2.75) is 51.4 Å². The molecule has 1 aliphatic carbocycles. The van der Waals surface area contributed by atoms with Gasteiger partial charge in [0.15, 0.2) is 0 Å². The van der Waals surface area contributed by atoms with E-state index in [1.807, 2.05) is 0 Å². The van der Waals surface area contributed by atoms with Crippen LogP contribution in [0.3, 0.4) is 0 Å². The number of aliphatic hydroxyl groups is 2. The third-order valence-corrected chi connectivity index (χ3v) is 3.39. The van der Waals surface area contributed by atoms with Crippen molar-refractivity contribution in [3.8, 4) is 0 Å². The molecule has 0 aliphatic heterocycles. The lowest BCUT2D eigenvalue weighted by atomic mass is 9.78. The first-order chi connectivity index (χ1) is 6.33. The van der Waals surface area contributed by atoms with Gasteiger partial charge in [-0.15, -0.1) is 0 Å². The first-order valence-corrected chi connectivity index (χ1v) is 5.55. The van der Waals surface area contributed by atoms with Gasteiger partial charge in [-0.3, -0.25) is 0 Å². The Balaban J connectivity index is 2.33. The molecule has 0 aromatic rings. The zero-order chi connectivity index (χ0) is 9.57. The molecule has 13 heavy (non-hydrogen) atoms. The maximum Gasteiger partial charge on any atom is 0.0431 e. The minimum Gasteiger partial charge on any atom is -0.396 e. The van der Waals surface area contributed by atoms with Crippen molar-refractivity contribution >= 4 is 0 Å². The number of hydrogen-bond donors (Lipinski definition) is 2. The Morgan fingerprint density at radius 1 is 0.846 bits per heavy atom. The lowest BCUT2D eigenvalue weighted by Gasteiger charge is -2.28. The first-order valence-electron chi connectivity index (χ1n) is 5.55. The Hall–Kier alpha value is -0.0800. The van der Waals surface area contributed by atoms with E-state index in [4.69, 9.17) is 10.2 Å². The Morgan fingerprint density at radius 3 is 1.69 bits per heavy atom. The SMILES string of the molecule is OCCCC1(CCCO)CCCC1. The summed E-state index contributed by atoms with van der Waals surface area (Å²) in [4.78, 5) is 0. The van der Waals surface area contributed by atoms with Gasteiger partial charge in [0, 0.05) is 13.2 Å². The molecule has 0 bridgehead atoms. The van der Waals surface area contributed by atoms with E-state index in [0.29, 0.717) is 18.6 Å². The van der Waals surface area contributed by atoms with Crippen LogP contribution in [0.5, 0.6) is 0 Å². The zero-order valence-electron chi connectivity index (χ0n) is 8.47. The smallest absolute Gasteiger partial charge is 0.0431 e. The fourth-order valence-electron chi connectivity index (χ4n) is 2.66. The Bertz CT molecular complexity index is 118. The number of rotatable bonds is 6. The van der Waals surface area contributed by atoms with Crippen LogP contribution < -0.4 is 0 Å². The molecule has 0 aromatic carbocycles. The molecule has 2 N–H and O–H groups in total. The normalized spacial score (nSPS) is 20.8. The van der Waals surface area contributed by atoms with E-state index in [9.17, 15) is 0 Å². The second kappa shape index (κ2) is 5.61. The highest BCUT2D eigenvalue weighted by Crippen LogP contribution is 2.45. The van der Waals surface area contributed by atoms with Gasteiger partial charge in [0.1, 0.15) is 0 Å². The number of aliphatic hydroxyl groups excluding tert-OH is 2. The molecule has 0 amide bonds. The highest BCUT2D eigenvalue weighted by Gasteiger charge is 2.32. The van der Waals surface area contributed by atoms with E-state index in [2.05, 4.69) is 0 Å². The van der Waals surface area contributed by atoms with Crippen LogP contribution >= 0.6 is 0 Å². The third kappa shape index (κ3) is 3.28. The van der Waals surface area contributed by atoms with Crippen molar-refractivity contribution in [1.82, 2.24) is 0 Å². The average molecular weight is 186 g/mol. The second-order valence-corrected chi connectivity index (χ2v) is 4.36. The monoisotopic (exact) mass is 186 g/mol. The molecular formula is C11H22O2. The average Bonchev–Trinajstić information content (AvgIpc) is 2.61. The predicted octanol–water partition coefficient (Wildman–Crippen LogP) is 2.09. The van der Waals surface area contributed by atoms with E-state index in [1.54, 1.807) is 0 Å². The van der Waals surface area contributed by atoms with Gasteiger partial charge in [-0.25, -0.2) is 0 Å². The van der Waals surface area contributed by atoms with Crippen molar-refractivity contribution in [1.29, 1.82) is 0 Å². The largest absolute Gasteiger partial charge is 0.396 e. The molecule has 0 radical (unpaired) electrons. The van der Waals surface area contributed by atoms with E-state index >= 15 is 0 Å². The van der Waals surface area contributed by atoms with Crippen molar-refractivity contribution in [2.75, 3.05) is 13.2 Å². The van der Waals surface area contributed by atoms with Crippen molar-refractivity contribution in [3.63, 3.8) is 0 Å². The molecule has 78 valence electrons. The maximum absolute atomic E-state index is 8.82. The Labute approximate surface area is 81.0 Å². The van der Waals surface area contributed by atoms with Gasteiger partial charge in [-0.05, 0) is 43.9 Å². The van der Waals surface area contributed by atoms with Crippen LogP contribution in [0, 0.1) is 5.41 Å².